The van der Waals surface area contributed by atoms with Crippen LogP contribution in [0, 0.1) is 0 Å². The van der Waals surface area contributed by atoms with Gasteiger partial charge < -0.3 is 38.6 Å². The zero-order valence-electron chi connectivity index (χ0n) is 35.8. The van der Waals surface area contributed by atoms with Gasteiger partial charge in [0.05, 0.1) is 62.7 Å². The Labute approximate surface area is 365 Å². The van der Waals surface area contributed by atoms with Gasteiger partial charge in [0, 0.05) is 70.9 Å². The maximum Gasteiger partial charge on any atom is 0.270 e. The highest BCUT2D eigenvalue weighted by Gasteiger charge is 2.46. The van der Waals surface area contributed by atoms with Crippen LogP contribution in [0.15, 0.2) is 48.8 Å². The van der Waals surface area contributed by atoms with Crippen molar-refractivity contribution in [3.05, 3.63) is 65.6 Å². The van der Waals surface area contributed by atoms with Gasteiger partial charge in [-0.05, 0) is 49.6 Å². The van der Waals surface area contributed by atoms with Gasteiger partial charge in [-0.15, -0.1) is 0 Å². The fourth-order valence-electron chi connectivity index (χ4n) is 8.54. The number of imide groups is 2. The zero-order valence-corrected chi connectivity index (χ0v) is 35.8. The molecule has 0 spiro atoms. The lowest BCUT2D eigenvalue weighted by Gasteiger charge is -2.35. The molecular formula is C44H54N10O9. The summed E-state index contributed by atoms with van der Waals surface area (Å²) in [6.07, 6.45) is 8.13. The lowest BCUT2D eigenvalue weighted by molar-refractivity contribution is -0.136. The Bertz CT molecular complexity index is 2300. The number of fused-ring (bicyclic) bond motifs is 2. The van der Waals surface area contributed by atoms with E-state index in [-0.39, 0.29) is 54.9 Å². The Morgan fingerprint density at radius 2 is 1.57 bits per heavy atom. The third kappa shape index (κ3) is 9.96. The van der Waals surface area contributed by atoms with E-state index in [9.17, 15) is 24.0 Å². The number of hydrogen-bond donors (Lipinski definition) is 2. The fraction of sp³-hybridized carbons (Fsp3) is 0.500. The molecule has 1 aliphatic carbocycles. The monoisotopic (exact) mass is 866 g/mol. The van der Waals surface area contributed by atoms with Gasteiger partial charge in [-0.2, -0.15) is 4.98 Å². The summed E-state index contributed by atoms with van der Waals surface area (Å²) in [5.74, 6) is -0.999. The van der Waals surface area contributed by atoms with Crippen molar-refractivity contribution < 1.29 is 42.9 Å². The van der Waals surface area contributed by atoms with Crippen molar-refractivity contribution in [3.8, 4) is 5.75 Å². The Hall–Kier alpha value is -6.02. The second-order valence-corrected chi connectivity index (χ2v) is 16.2. The van der Waals surface area contributed by atoms with E-state index in [0.717, 1.165) is 80.0 Å². The van der Waals surface area contributed by atoms with Crippen LogP contribution in [0.4, 0.5) is 17.5 Å². The first-order valence-electron chi connectivity index (χ1n) is 21.7. The standard InChI is InChI=1S/C44H54N10O9/c1-50(2)42(58)34-26-29-27-46-44(49-39(29)53(34)30-6-3-4-7-30)47-36-12-10-31(28-45-36)52-16-14-51(15-17-52)18-19-60-20-21-61-22-23-62-24-25-63-35-9-5-8-32-38(35)43(59)54(41(32)57)33-11-13-37(55)48-40(33)56/h5,8-10,12,26-28,30,33H,3-4,6-7,11,13-25H2,1-2H3,(H,48,55,56)(H,45,46,47,49). The number of nitrogens with one attached hydrogen (secondary N) is 2. The van der Waals surface area contributed by atoms with Gasteiger partial charge in [-0.25, -0.2) is 9.97 Å². The number of carbonyl (C=O) groups is 5. The summed E-state index contributed by atoms with van der Waals surface area (Å²) < 4.78 is 25.0. The molecule has 19 heteroatoms. The van der Waals surface area contributed by atoms with Gasteiger partial charge >= 0.3 is 0 Å². The number of rotatable bonds is 19. The largest absolute Gasteiger partial charge is 0.490 e. The van der Waals surface area contributed by atoms with Crippen molar-refractivity contribution in [2.24, 2.45) is 0 Å². The normalized spacial score (nSPS) is 18.3. The number of anilines is 3. The van der Waals surface area contributed by atoms with E-state index < -0.39 is 29.7 Å². The summed E-state index contributed by atoms with van der Waals surface area (Å²) in [6, 6.07) is 9.84. The summed E-state index contributed by atoms with van der Waals surface area (Å²) in [5, 5.41) is 6.30. The smallest absolute Gasteiger partial charge is 0.270 e. The zero-order chi connectivity index (χ0) is 43.9. The number of nitrogens with zero attached hydrogens (tertiary/aromatic N) is 8. The minimum atomic E-state index is -1.04. The first-order valence-corrected chi connectivity index (χ1v) is 21.7. The molecule has 1 saturated carbocycles. The first-order chi connectivity index (χ1) is 30.7. The molecule has 5 amide bonds. The molecule has 3 aromatic heterocycles. The Kier molecular flexibility index (Phi) is 13.8. The van der Waals surface area contributed by atoms with E-state index in [1.807, 2.05) is 18.3 Å². The molecule has 334 valence electrons. The van der Waals surface area contributed by atoms with E-state index in [1.54, 1.807) is 37.3 Å². The third-order valence-corrected chi connectivity index (χ3v) is 11.8. The molecule has 6 heterocycles. The summed E-state index contributed by atoms with van der Waals surface area (Å²) in [7, 11) is 3.54. The Balaban J connectivity index is 0.683. The van der Waals surface area contributed by atoms with Crippen LogP contribution in [0.25, 0.3) is 11.0 Å². The van der Waals surface area contributed by atoms with Gasteiger partial charge in [0.15, 0.2) is 0 Å². The van der Waals surface area contributed by atoms with Gasteiger partial charge in [0.1, 0.15) is 35.6 Å². The number of ether oxygens (including phenoxy) is 4. The first kappa shape index (κ1) is 43.6. The van der Waals surface area contributed by atoms with Crippen LogP contribution in [0.5, 0.6) is 5.75 Å². The Morgan fingerprint density at radius 3 is 2.27 bits per heavy atom. The van der Waals surface area contributed by atoms with Crippen LogP contribution in [-0.4, -0.2) is 163 Å². The Morgan fingerprint density at radius 1 is 0.841 bits per heavy atom. The van der Waals surface area contributed by atoms with E-state index in [2.05, 4.69) is 41.0 Å². The summed E-state index contributed by atoms with van der Waals surface area (Å²) in [5.41, 5.74) is 2.73. The van der Waals surface area contributed by atoms with Crippen molar-refractivity contribution in [2.75, 3.05) is 103 Å². The van der Waals surface area contributed by atoms with Crippen molar-refractivity contribution in [1.29, 1.82) is 0 Å². The molecule has 2 saturated heterocycles. The van der Waals surface area contributed by atoms with E-state index in [4.69, 9.17) is 23.9 Å². The average molecular weight is 867 g/mol. The van der Waals surface area contributed by atoms with E-state index in [0.29, 0.717) is 50.5 Å². The molecule has 1 atom stereocenters. The SMILES string of the molecule is CN(C)C(=O)c1cc2cnc(Nc3ccc(N4CCN(CCOCCOCCOCCOc5cccc6c5C(=O)N(C5CCC(=O)NC5=O)C6=O)CC4)cn3)nc2n1C1CCCC1. The highest BCUT2D eigenvalue weighted by atomic mass is 16.6. The minimum absolute atomic E-state index is 0.0361. The highest BCUT2D eigenvalue weighted by molar-refractivity contribution is 6.24. The number of amides is 5. The van der Waals surface area contributed by atoms with Crippen LogP contribution in [0.1, 0.15) is 75.8 Å². The number of aromatic nitrogens is 4. The molecule has 63 heavy (non-hydrogen) atoms. The molecule has 0 radical (unpaired) electrons. The number of benzene rings is 1. The lowest BCUT2D eigenvalue weighted by atomic mass is 10.0. The lowest BCUT2D eigenvalue weighted by Crippen LogP contribution is -2.54. The molecule has 8 rings (SSSR count). The van der Waals surface area contributed by atoms with Gasteiger partial charge in [-0.3, -0.25) is 39.1 Å². The fourth-order valence-corrected chi connectivity index (χ4v) is 8.54. The maximum absolute atomic E-state index is 13.2. The molecule has 0 bridgehead atoms. The minimum Gasteiger partial charge on any atom is -0.490 e. The predicted molar refractivity (Wildman–Crippen MR) is 230 cm³/mol. The van der Waals surface area contributed by atoms with Crippen molar-refractivity contribution >= 4 is 58.0 Å². The molecule has 4 aliphatic rings. The number of carbonyl (C=O) groups excluding carboxylic acids is 5. The van der Waals surface area contributed by atoms with Gasteiger partial charge in [0.25, 0.3) is 17.7 Å². The average Bonchev–Trinajstić information content (AvgIpc) is 4.01. The predicted octanol–water partition coefficient (Wildman–Crippen LogP) is 3.04. The molecular weight excluding hydrogens is 813 g/mol. The second-order valence-electron chi connectivity index (χ2n) is 16.2. The van der Waals surface area contributed by atoms with Crippen molar-refractivity contribution in [2.45, 2.75) is 50.6 Å². The third-order valence-electron chi connectivity index (χ3n) is 11.8. The quantitative estimate of drug-likeness (QED) is 0.103. The molecule has 19 nitrogen and oxygen atoms in total. The molecule has 2 N–H and O–H groups in total. The van der Waals surface area contributed by atoms with E-state index >= 15 is 0 Å². The number of hydrogen-bond acceptors (Lipinski definition) is 15. The van der Waals surface area contributed by atoms with Crippen molar-refractivity contribution in [3.63, 3.8) is 0 Å². The van der Waals surface area contributed by atoms with Crippen LogP contribution in [0.3, 0.4) is 0 Å². The van der Waals surface area contributed by atoms with Gasteiger partial charge in [-0.1, -0.05) is 18.9 Å². The summed E-state index contributed by atoms with van der Waals surface area (Å²) in [4.78, 5) is 84.5. The van der Waals surface area contributed by atoms with E-state index in [1.165, 1.54) is 6.07 Å². The highest BCUT2D eigenvalue weighted by Crippen LogP contribution is 2.36. The van der Waals surface area contributed by atoms with Crippen molar-refractivity contribution in [1.82, 2.24) is 39.5 Å². The topological polar surface area (TPSA) is 203 Å². The number of pyridine rings is 1. The number of piperazine rings is 1. The van der Waals surface area contributed by atoms with Gasteiger partial charge in [0.2, 0.25) is 17.8 Å². The molecule has 1 aromatic carbocycles. The molecule has 3 aliphatic heterocycles. The van der Waals surface area contributed by atoms with Crippen LogP contribution in [0.2, 0.25) is 0 Å². The van der Waals surface area contributed by atoms with Crippen LogP contribution >= 0.6 is 0 Å². The van der Waals surface area contributed by atoms with Crippen LogP contribution < -0.4 is 20.3 Å². The summed E-state index contributed by atoms with van der Waals surface area (Å²) in [6.45, 7) is 7.03. The number of piperidine rings is 1. The molecule has 3 fully saturated rings. The molecule has 4 aromatic rings. The second kappa shape index (κ2) is 20.0. The van der Waals surface area contributed by atoms with Crippen LogP contribution in [-0.2, 0) is 23.8 Å². The molecule has 1 unspecified atom stereocenters. The summed E-state index contributed by atoms with van der Waals surface area (Å²) >= 11 is 0. The maximum atomic E-state index is 13.2.